The van der Waals surface area contributed by atoms with E-state index in [2.05, 4.69) is 20.8 Å². The van der Waals surface area contributed by atoms with E-state index >= 15 is 0 Å². The lowest BCUT2D eigenvalue weighted by Crippen LogP contribution is -2.06. The van der Waals surface area contributed by atoms with E-state index in [1.807, 2.05) is 13.8 Å². The van der Waals surface area contributed by atoms with Crippen molar-refractivity contribution >= 4 is 7.82 Å². The van der Waals surface area contributed by atoms with E-state index in [1.165, 1.54) is 0 Å². The molecule has 0 aromatic rings. The van der Waals surface area contributed by atoms with Crippen molar-refractivity contribution in [1.29, 1.82) is 0 Å². The Bertz CT molecular complexity index is 241. The maximum Gasteiger partial charge on any atom is 0.472 e. The molecule has 4 nitrogen and oxygen atoms in total. The molecule has 0 heterocycles. The molecular formula is C12H27O4P. The SMILES string of the molecule is CC(C)COP(=O)(O)OCCC(C)CC(C)C. The standard InChI is InChI=1S/C12H27O4P/c1-10(2)8-12(5)6-7-15-17(13,14)16-9-11(3)4/h10-12H,6-9H2,1-5H3,(H,13,14). The second-order valence-corrected chi connectivity index (χ2v) is 6.97. The Morgan fingerprint density at radius 2 is 1.65 bits per heavy atom. The van der Waals surface area contributed by atoms with Gasteiger partial charge in [0.2, 0.25) is 0 Å². The molecule has 0 saturated heterocycles. The van der Waals surface area contributed by atoms with Crippen LogP contribution in [0.2, 0.25) is 0 Å². The van der Waals surface area contributed by atoms with Crippen molar-refractivity contribution in [3.8, 4) is 0 Å². The summed E-state index contributed by atoms with van der Waals surface area (Å²) in [6.45, 7) is 10.8. The molecule has 2 unspecified atom stereocenters. The minimum Gasteiger partial charge on any atom is -0.302 e. The van der Waals surface area contributed by atoms with Gasteiger partial charge in [0, 0.05) is 0 Å². The molecule has 0 aliphatic heterocycles. The summed E-state index contributed by atoms with van der Waals surface area (Å²) in [4.78, 5) is 9.37. The Hall–Kier alpha value is 0.110. The van der Waals surface area contributed by atoms with Crippen molar-refractivity contribution in [3.63, 3.8) is 0 Å². The first-order valence-electron chi connectivity index (χ1n) is 6.34. The third-order valence-electron chi connectivity index (χ3n) is 2.31. The summed E-state index contributed by atoms with van der Waals surface area (Å²) >= 11 is 0. The number of hydrogen-bond donors (Lipinski definition) is 1. The fourth-order valence-electron chi connectivity index (χ4n) is 1.57. The van der Waals surface area contributed by atoms with Gasteiger partial charge < -0.3 is 4.89 Å². The topological polar surface area (TPSA) is 55.8 Å². The molecule has 0 radical (unpaired) electrons. The molecule has 0 aliphatic carbocycles. The highest BCUT2D eigenvalue weighted by Crippen LogP contribution is 2.43. The molecule has 104 valence electrons. The van der Waals surface area contributed by atoms with Crippen molar-refractivity contribution in [1.82, 2.24) is 0 Å². The van der Waals surface area contributed by atoms with Gasteiger partial charge in [-0.25, -0.2) is 4.57 Å². The second-order valence-electron chi connectivity index (χ2n) is 5.51. The van der Waals surface area contributed by atoms with Gasteiger partial charge in [0.1, 0.15) is 0 Å². The van der Waals surface area contributed by atoms with Crippen LogP contribution in [0.4, 0.5) is 0 Å². The van der Waals surface area contributed by atoms with Gasteiger partial charge in [0.25, 0.3) is 0 Å². The Kier molecular flexibility index (Phi) is 8.31. The van der Waals surface area contributed by atoms with E-state index in [-0.39, 0.29) is 19.1 Å². The predicted octanol–water partition coefficient (Wildman–Crippen LogP) is 3.85. The van der Waals surface area contributed by atoms with Crippen LogP contribution in [0.3, 0.4) is 0 Å². The summed E-state index contributed by atoms with van der Waals surface area (Å²) in [6.07, 6.45) is 1.89. The van der Waals surface area contributed by atoms with Gasteiger partial charge in [0.05, 0.1) is 13.2 Å². The maximum absolute atomic E-state index is 11.4. The average Bonchev–Trinajstić information content (AvgIpc) is 2.13. The largest absolute Gasteiger partial charge is 0.472 e. The van der Waals surface area contributed by atoms with Crippen molar-refractivity contribution in [3.05, 3.63) is 0 Å². The van der Waals surface area contributed by atoms with Crippen LogP contribution in [-0.2, 0) is 13.6 Å². The van der Waals surface area contributed by atoms with E-state index in [0.29, 0.717) is 11.8 Å². The molecule has 1 N–H and O–H groups in total. The minimum atomic E-state index is -3.84. The zero-order chi connectivity index (χ0) is 13.5. The summed E-state index contributed by atoms with van der Waals surface area (Å²) in [5, 5.41) is 0. The van der Waals surface area contributed by atoms with Crippen LogP contribution in [0, 0.1) is 17.8 Å². The van der Waals surface area contributed by atoms with Gasteiger partial charge in [-0.2, -0.15) is 0 Å². The molecule has 0 aromatic heterocycles. The highest BCUT2D eigenvalue weighted by molar-refractivity contribution is 7.47. The van der Waals surface area contributed by atoms with E-state index in [9.17, 15) is 9.46 Å². The monoisotopic (exact) mass is 266 g/mol. The van der Waals surface area contributed by atoms with Crippen LogP contribution >= 0.6 is 7.82 Å². The fraction of sp³-hybridized carbons (Fsp3) is 1.00. The van der Waals surface area contributed by atoms with Gasteiger partial charge in [-0.3, -0.25) is 9.05 Å². The molecule has 0 spiro atoms. The second kappa shape index (κ2) is 8.25. The summed E-state index contributed by atoms with van der Waals surface area (Å²) in [5.74, 6) is 1.36. The molecule has 0 fully saturated rings. The van der Waals surface area contributed by atoms with Gasteiger partial charge >= 0.3 is 7.82 Å². The van der Waals surface area contributed by atoms with Crippen molar-refractivity contribution in [2.24, 2.45) is 17.8 Å². The Morgan fingerprint density at radius 1 is 1.06 bits per heavy atom. The van der Waals surface area contributed by atoms with E-state index in [0.717, 1.165) is 12.8 Å². The predicted molar refractivity (Wildman–Crippen MR) is 69.8 cm³/mol. The van der Waals surface area contributed by atoms with Crippen LogP contribution in [0.1, 0.15) is 47.5 Å². The lowest BCUT2D eigenvalue weighted by atomic mass is 9.97. The van der Waals surface area contributed by atoms with Crippen LogP contribution in [0.5, 0.6) is 0 Å². The van der Waals surface area contributed by atoms with Crippen molar-refractivity contribution in [2.45, 2.75) is 47.5 Å². The van der Waals surface area contributed by atoms with Gasteiger partial charge in [-0.15, -0.1) is 0 Å². The molecule has 5 heteroatoms. The molecule has 0 bridgehead atoms. The third-order valence-corrected chi connectivity index (χ3v) is 3.29. The lowest BCUT2D eigenvalue weighted by Gasteiger charge is -2.16. The summed E-state index contributed by atoms with van der Waals surface area (Å²) in [6, 6.07) is 0. The summed E-state index contributed by atoms with van der Waals surface area (Å²) in [5.41, 5.74) is 0. The molecule has 0 aliphatic rings. The highest BCUT2D eigenvalue weighted by atomic mass is 31.2. The fourth-order valence-corrected chi connectivity index (χ4v) is 2.47. The van der Waals surface area contributed by atoms with Crippen molar-refractivity contribution < 1.29 is 18.5 Å². The first kappa shape index (κ1) is 17.1. The third kappa shape index (κ3) is 11.0. The van der Waals surface area contributed by atoms with E-state index in [4.69, 9.17) is 9.05 Å². The minimum absolute atomic E-state index is 0.221. The molecular weight excluding hydrogens is 239 g/mol. The quantitative estimate of drug-likeness (QED) is 0.644. The highest BCUT2D eigenvalue weighted by Gasteiger charge is 2.21. The smallest absolute Gasteiger partial charge is 0.302 e. The van der Waals surface area contributed by atoms with E-state index < -0.39 is 7.82 Å². The van der Waals surface area contributed by atoms with Crippen LogP contribution in [-0.4, -0.2) is 18.1 Å². The van der Waals surface area contributed by atoms with Crippen LogP contribution in [0.15, 0.2) is 0 Å². The van der Waals surface area contributed by atoms with Gasteiger partial charge in [0.15, 0.2) is 0 Å². The molecule has 17 heavy (non-hydrogen) atoms. The van der Waals surface area contributed by atoms with Crippen LogP contribution < -0.4 is 0 Å². The average molecular weight is 266 g/mol. The number of phosphoric ester groups is 1. The van der Waals surface area contributed by atoms with Crippen molar-refractivity contribution in [2.75, 3.05) is 13.2 Å². The first-order valence-corrected chi connectivity index (χ1v) is 7.84. The number of hydrogen-bond acceptors (Lipinski definition) is 3. The molecule has 0 rings (SSSR count). The summed E-state index contributed by atoms with van der Waals surface area (Å²) in [7, 11) is -3.84. The summed E-state index contributed by atoms with van der Waals surface area (Å²) < 4.78 is 21.2. The van der Waals surface area contributed by atoms with Gasteiger partial charge in [-0.1, -0.05) is 34.6 Å². The lowest BCUT2D eigenvalue weighted by molar-refractivity contribution is 0.130. The Labute approximate surface area is 105 Å². The molecule has 0 aromatic carbocycles. The molecule has 0 amide bonds. The van der Waals surface area contributed by atoms with E-state index in [1.54, 1.807) is 0 Å². The normalized spacial score (nSPS) is 17.4. The Balaban J connectivity index is 3.75. The zero-order valence-electron chi connectivity index (χ0n) is 11.7. The van der Waals surface area contributed by atoms with Crippen LogP contribution in [0.25, 0.3) is 0 Å². The maximum atomic E-state index is 11.4. The zero-order valence-corrected chi connectivity index (χ0v) is 12.6. The Morgan fingerprint density at radius 3 is 2.12 bits per heavy atom. The van der Waals surface area contributed by atoms with Gasteiger partial charge in [-0.05, 0) is 30.6 Å². The molecule has 0 saturated carbocycles. The molecule has 2 atom stereocenters. The number of phosphoric acid groups is 1. The first-order chi connectivity index (χ1) is 7.73. The number of rotatable bonds is 9.